The number of carboxylic acid groups (broad SMARTS) is 1. The number of para-hydroxylation sites is 2. The van der Waals surface area contributed by atoms with Crippen LogP contribution in [0.4, 0.5) is 11.6 Å². The first-order valence-corrected chi connectivity index (χ1v) is 10.8. The predicted molar refractivity (Wildman–Crippen MR) is 120 cm³/mol. The van der Waals surface area contributed by atoms with Crippen molar-refractivity contribution in [3.8, 4) is 11.5 Å². The van der Waals surface area contributed by atoms with E-state index in [1.165, 1.54) is 20.0 Å². The number of ether oxygens (including phenoxy) is 2. The van der Waals surface area contributed by atoms with Gasteiger partial charge in [-0.3, -0.25) is 14.6 Å². The number of piperidine rings is 1. The molecule has 0 bridgehead atoms. The Balaban J connectivity index is 1.64. The smallest absolute Gasteiger partial charge is 0.309 e. The molecule has 2 aromatic rings. The highest BCUT2D eigenvalue weighted by molar-refractivity contribution is 5.93. The molecule has 9 nitrogen and oxygen atoms in total. The normalized spacial score (nSPS) is 16.3. The molecule has 2 N–H and O–H groups in total. The van der Waals surface area contributed by atoms with Gasteiger partial charge in [0.15, 0.2) is 17.3 Å². The molecule has 32 heavy (non-hydrogen) atoms. The second kappa shape index (κ2) is 10.3. The molecule has 1 aliphatic heterocycles. The number of amides is 1. The number of nitrogens with zero attached hydrogens (tertiary/aromatic N) is 3. The number of carbonyl (C=O) groups excluding carboxylic acids is 1. The third-order valence-corrected chi connectivity index (χ3v) is 5.22. The van der Waals surface area contributed by atoms with Gasteiger partial charge < -0.3 is 24.8 Å². The fourth-order valence-corrected chi connectivity index (χ4v) is 3.48. The lowest BCUT2D eigenvalue weighted by molar-refractivity contribution is -0.148. The van der Waals surface area contributed by atoms with Crippen LogP contribution >= 0.6 is 0 Å². The van der Waals surface area contributed by atoms with Crippen molar-refractivity contribution in [3.05, 3.63) is 36.7 Å². The van der Waals surface area contributed by atoms with Crippen molar-refractivity contribution >= 4 is 23.5 Å². The first-order chi connectivity index (χ1) is 15.3. The Kier molecular flexibility index (Phi) is 7.50. The number of hydrogen-bond acceptors (Lipinski definition) is 7. The van der Waals surface area contributed by atoms with Gasteiger partial charge in [0.1, 0.15) is 11.9 Å². The molecule has 0 saturated carbocycles. The van der Waals surface area contributed by atoms with Crippen molar-refractivity contribution in [2.45, 2.75) is 46.1 Å². The summed E-state index contributed by atoms with van der Waals surface area (Å²) in [7, 11) is 0. The molecule has 0 aliphatic carbocycles. The lowest BCUT2D eigenvalue weighted by atomic mass is 9.89. The third kappa shape index (κ3) is 6.09. The van der Waals surface area contributed by atoms with Crippen molar-refractivity contribution in [1.29, 1.82) is 0 Å². The maximum absolute atomic E-state index is 12.3. The Labute approximate surface area is 187 Å². The van der Waals surface area contributed by atoms with Crippen LogP contribution in [-0.4, -0.2) is 52.8 Å². The van der Waals surface area contributed by atoms with Gasteiger partial charge in [-0.05, 0) is 45.7 Å². The van der Waals surface area contributed by atoms with Gasteiger partial charge in [0.25, 0.3) is 0 Å². The van der Waals surface area contributed by atoms with E-state index in [1.54, 1.807) is 6.20 Å². The number of carbonyl (C=O) groups is 2. The topological polar surface area (TPSA) is 114 Å². The van der Waals surface area contributed by atoms with Gasteiger partial charge in [0.2, 0.25) is 5.91 Å². The van der Waals surface area contributed by atoms with Gasteiger partial charge in [0.05, 0.1) is 31.0 Å². The van der Waals surface area contributed by atoms with Crippen molar-refractivity contribution in [3.63, 3.8) is 0 Å². The SMILES string of the molecule is CCOc1ccccc1O[C@@H]1CCCN(c2cncc(NC(=O)CC(C)(C)C(=O)O)n2)C1. The summed E-state index contributed by atoms with van der Waals surface area (Å²) in [4.78, 5) is 34.3. The summed E-state index contributed by atoms with van der Waals surface area (Å²) in [5, 5.41) is 11.9. The summed E-state index contributed by atoms with van der Waals surface area (Å²) in [6.07, 6.45) is 4.73. The molecular weight excluding hydrogens is 412 g/mol. The molecule has 2 heterocycles. The van der Waals surface area contributed by atoms with E-state index in [4.69, 9.17) is 9.47 Å². The fourth-order valence-electron chi connectivity index (χ4n) is 3.48. The molecule has 172 valence electrons. The Bertz CT molecular complexity index is 949. The van der Waals surface area contributed by atoms with Crippen molar-refractivity contribution in [2.24, 2.45) is 5.41 Å². The second-order valence-corrected chi connectivity index (χ2v) is 8.38. The second-order valence-electron chi connectivity index (χ2n) is 8.38. The van der Waals surface area contributed by atoms with Crippen molar-refractivity contribution in [2.75, 3.05) is 29.9 Å². The molecule has 1 saturated heterocycles. The van der Waals surface area contributed by atoms with Crippen LogP contribution in [0.1, 0.15) is 40.0 Å². The van der Waals surface area contributed by atoms with Gasteiger partial charge in [-0.15, -0.1) is 0 Å². The summed E-state index contributed by atoms with van der Waals surface area (Å²) >= 11 is 0. The molecule has 9 heteroatoms. The van der Waals surface area contributed by atoms with E-state index >= 15 is 0 Å². The van der Waals surface area contributed by atoms with Crippen LogP contribution in [0.2, 0.25) is 0 Å². The average Bonchev–Trinajstić information content (AvgIpc) is 2.75. The summed E-state index contributed by atoms with van der Waals surface area (Å²) < 4.78 is 11.9. The molecule has 0 unspecified atom stereocenters. The Morgan fingerprint density at radius 1 is 1.25 bits per heavy atom. The van der Waals surface area contributed by atoms with Crippen LogP contribution in [0.5, 0.6) is 11.5 Å². The summed E-state index contributed by atoms with van der Waals surface area (Å²) in [5.41, 5.74) is -1.16. The highest BCUT2D eigenvalue weighted by Gasteiger charge is 2.30. The van der Waals surface area contributed by atoms with Gasteiger partial charge in [0, 0.05) is 13.0 Å². The Hall–Kier alpha value is -3.36. The van der Waals surface area contributed by atoms with E-state index in [1.807, 2.05) is 31.2 Å². The van der Waals surface area contributed by atoms with E-state index in [-0.39, 0.29) is 12.5 Å². The maximum atomic E-state index is 12.3. The molecule has 1 amide bonds. The Morgan fingerprint density at radius 2 is 2.00 bits per heavy atom. The molecular formula is C23H30N4O5. The molecule has 0 radical (unpaired) electrons. The van der Waals surface area contributed by atoms with Gasteiger partial charge in [-0.2, -0.15) is 0 Å². The van der Waals surface area contributed by atoms with E-state index in [0.717, 1.165) is 25.1 Å². The fraction of sp³-hybridized carbons (Fsp3) is 0.478. The first kappa shape index (κ1) is 23.3. The molecule has 1 aliphatic rings. The number of aromatic nitrogens is 2. The van der Waals surface area contributed by atoms with E-state index < -0.39 is 17.3 Å². The van der Waals surface area contributed by atoms with Crippen LogP contribution in [0, 0.1) is 5.41 Å². The van der Waals surface area contributed by atoms with Gasteiger partial charge in [-0.1, -0.05) is 12.1 Å². The zero-order valence-corrected chi connectivity index (χ0v) is 18.7. The third-order valence-electron chi connectivity index (χ3n) is 5.22. The summed E-state index contributed by atoms with van der Waals surface area (Å²) in [6.45, 7) is 6.94. The zero-order valence-electron chi connectivity index (χ0n) is 18.7. The number of hydrogen-bond donors (Lipinski definition) is 2. The molecule has 1 aromatic carbocycles. The zero-order chi connectivity index (χ0) is 23.1. The first-order valence-electron chi connectivity index (χ1n) is 10.8. The molecule has 3 rings (SSSR count). The van der Waals surface area contributed by atoms with Crippen LogP contribution in [0.15, 0.2) is 36.7 Å². The van der Waals surface area contributed by atoms with E-state index in [9.17, 15) is 14.7 Å². The lowest BCUT2D eigenvalue weighted by Gasteiger charge is -2.33. The minimum absolute atomic E-state index is 0.0400. The van der Waals surface area contributed by atoms with Crippen molar-refractivity contribution < 1.29 is 24.2 Å². The number of nitrogens with one attached hydrogen (secondary N) is 1. The van der Waals surface area contributed by atoms with Gasteiger partial charge in [-0.25, -0.2) is 4.98 Å². The van der Waals surface area contributed by atoms with E-state index in [2.05, 4.69) is 20.2 Å². The number of carboxylic acids is 1. The quantitative estimate of drug-likeness (QED) is 0.608. The van der Waals surface area contributed by atoms with Crippen molar-refractivity contribution in [1.82, 2.24) is 9.97 Å². The number of benzene rings is 1. The monoisotopic (exact) mass is 442 g/mol. The summed E-state index contributed by atoms with van der Waals surface area (Å²) in [5.74, 6) is 0.911. The predicted octanol–water partition coefficient (Wildman–Crippen LogP) is 3.36. The summed E-state index contributed by atoms with van der Waals surface area (Å²) in [6, 6.07) is 7.63. The largest absolute Gasteiger partial charge is 0.490 e. The highest BCUT2D eigenvalue weighted by Crippen LogP contribution is 2.30. The minimum Gasteiger partial charge on any atom is -0.490 e. The average molecular weight is 443 g/mol. The molecule has 1 aromatic heterocycles. The number of aliphatic carboxylic acids is 1. The standard InChI is InChI=1S/C23H30N4O5/c1-4-31-17-9-5-6-10-18(17)32-16-8-7-11-27(15-16)20-14-24-13-19(25-20)26-21(28)12-23(2,3)22(29)30/h5-6,9-10,13-14,16H,4,7-8,11-12,15H2,1-3H3,(H,29,30)(H,25,26,28)/t16-/m1/s1. The maximum Gasteiger partial charge on any atom is 0.309 e. The number of rotatable bonds is 9. The molecule has 0 spiro atoms. The molecule has 1 fully saturated rings. The Morgan fingerprint density at radius 3 is 2.72 bits per heavy atom. The van der Waals surface area contributed by atoms with Crippen LogP contribution in [-0.2, 0) is 9.59 Å². The minimum atomic E-state index is -1.16. The van der Waals surface area contributed by atoms with Crippen LogP contribution < -0.4 is 19.7 Å². The van der Waals surface area contributed by atoms with Crippen LogP contribution in [0.25, 0.3) is 0 Å². The molecule has 1 atom stereocenters. The lowest BCUT2D eigenvalue weighted by Crippen LogP contribution is -2.41. The highest BCUT2D eigenvalue weighted by atomic mass is 16.5. The van der Waals surface area contributed by atoms with Gasteiger partial charge >= 0.3 is 5.97 Å². The van der Waals surface area contributed by atoms with E-state index in [0.29, 0.717) is 30.5 Å². The number of anilines is 2. The van der Waals surface area contributed by atoms with Crippen LogP contribution in [0.3, 0.4) is 0 Å².